The topological polar surface area (TPSA) is 79.6 Å². The third kappa shape index (κ3) is 6.44. The molecular weight excluding hydrogens is 513 g/mol. The molecule has 1 fully saturated rings. The Morgan fingerprint density at radius 2 is 2.03 bits per heavy atom. The summed E-state index contributed by atoms with van der Waals surface area (Å²) < 4.78 is 25.4. The third-order valence-corrected chi connectivity index (χ3v) is 6.60. The van der Waals surface area contributed by atoms with E-state index < -0.39 is 9.84 Å². The van der Waals surface area contributed by atoms with Gasteiger partial charge in [0.25, 0.3) is 0 Å². The zero-order valence-electron chi connectivity index (χ0n) is 17.9. The van der Waals surface area contributed by atoms with Crippen LogP contribution >= 0.6 is 24.0 Å². The highest BCUT2D eigenvalue weighted by molar-refractivity contribution is 14.0. The number of aromatic nitrogens is 2. The van der Waals surface area contributed by atoms with Crippen molar-refractivity contribution in [2.45, 2.75) is 37.6 Å². The Morgan fingerprint density at radius 3 is 2.63 bits per heavy atom. The fourth-order valence-electron chi connectivity index (χ4n) is 3.72. The Hall–Kier alpha value is -1.62. The van der Waals surface area contributed by atoms with Gasteiger partial charge in [0.15, 0.2) is 15.8 Å². The predicted octanol–water partition coefficient (Wildman–Crippen LogP) is 3.00. The molecule has 1 aliphatic heterocycles. The lowest BCUT2D eigenvalue weighted by atomic mass is 9.93. The number of nitrogens with one attached hydrogen (secondary N) is 1. The van der Waals surface area contributed by atoms with Crippen molar-refractivity contribution in [2.75, 3.05) is 32.4 Å². The molecule has 1 aliphatic rings. The molecule has 2 aromatic rings. The Bertz CT molecular complexity index is 913. The molecule has 0 amide bonds. The third-order valence-electron chi connectivity index (χ3n) is 5.47. The molecule has 1 N–H and O–H groups in total. The monoisotopic (exact) mass is 545 g/mol. The van der Waals surface area contributed by atoms with Crippen molar-refractivity contribution < 1.29 is 8.42 Å². The van der Waals surface area contributed by atoms with Gasteiger partial charge in [0.05, 0.1) is 17.3 Å². The molecule has 1 saturated heterocycles. The number of guanidine groups is 1. The van der Waals surface area contributed by atoms with Gasteiger partial charge in [-0.25, -0.2) is 13.4 Å². The van der Waals surface area contributed by atoms with Crippen molar-refractivity contribution >= 4 is 39.8 Å². The number of sulfone groups is 1. The summed E-state index contributed by atoms with van der Waals surface area (Å²) in [4.78, 5) is 11.7. The fraction of sp³-hybridized carbons (Fsp3) is 0.524. The van der Waals surface area contributed by atoms with Crippen LogP contribution in [0.5, 0.6) is 0 Å². The first-order valence-corrected chi connectivity index (χ1v) is 12.1. The van der Waals surface area contributed by atoms with E-state index >= 15 is 0 Å². The van der Waals surface area contributed by atoms with Crippen LogP contribution < -0.4 is 5.32 Å². The maximum atomic E-state index is 11.6. The summed E-state index contributed by atoms with van der Waals surface area (Å²) in [7, 11) is -3.15. The maximum Gasteiger partial charge on any atom is 0.193 e. The predicted molar refractivity (Wildman–Crippen MR) is 131 cm³/mol. The van der Waals surface area contributed by atoms with Gasteiger partial charge in [-0.3, -0.25) is 4.99 Å². The summed E-state index contributed by atoms with van der Waals surface area (Å²) >= 11 is 0. The minimum Gasteiger partial charge on any atom is -0.357 e. The van der Waals surface area contributed by atoms with Gasteiger partial charge in [0, 0.05) is 44.8 Å². The maximum absolute atomic E-state index is 11.6. The number of benzene rings is 1. The molecule has 2 heterocycles. The number of likely N-dealkylation sites (tertiary alicyclic amines) is 1. The van der Waals surface area contributed by atoms with E-state index in [1.54, 1.807) is 12.1 Å². The van der Waals surface area contributed by atoms with Crippen LogP contribution in [-0.2, 0) is 16.3 Å². The zero-order valence-corrected chi connectivity index (χ0v) is 21.0. The van der Waals surface area contributed by atoms with Crippen molar-refractivity contribution in [3.63, 3.8) is 0 Å². The first-order valence-electron chi connectivity index (χ1n) is 10.2. The van der Waals surface area contributed by atoms with E-state index in [1.165, 1.54) is 6.26 Å². The van der Waals surface area contributed by atoms with Crippen LogP contribution in [0.1, 0.15) is 31.9 Å². The van der Waals surface area contributed by atoms with E-state index in [4.69, 9.17) is 4.99 Å². The lowest BCUT2D eigenvalue weighted by Gasteiger charge is -2.39. The van der Waals surface area contributed by atoms with Gasteiger partial charge in [-0.2, -0.15) is 0 Å². The Morgan fingerprint density at radius 1 is 1.30 bits per heavy atom. The molecule has 0 bridgehead atoms. The van der Waals surface area contributed by atoms with Crippen LogP contribution in [0.3, 0.4) is 0 Å². The number of rotatable bonds is 6. The highest BCUT2D eigenvalue weighted by Gasteiger charge is 2.28. The van der Waals surface area contributed by atoms with Crippen LogP contribution in [0.25, 0.3) is 0 Å². The molecule has 0 spiro atoms. The van der Waals surface area contributed by atoms with Crippen molar-refractivity contribution in [1.29, 1.82) is 0 Å². The minimum absolute atomic E-state index is 0. The lowest BCUT2D eigenvalue weighted by molar-refractivity contribution is 0.189. The van der Waals surface area contributed by atoms with E-state index in [9.17, 15) is 8.42 Å². The van der Waals surface area contributed by atoms with Crippen LogP contribution in [0.15, 0.2) is 52.9 Å². The average Bonchev–Trinajstić information content (AvgIpc) is 3.22. The van der Waals surface area contributed by atoms with Crippen LogP contribution in [-0.4, -0.2) is 61.3 Å². The van der Waals surface area contributed by atoms with E-state index in [0.717, 1.165) is 44.0 Å². The molecule has 0 radical (unpaired) electrons. The number of hydrogen-bond donors (Lipinski definition) is 1. The average molecular weight is 545 g/mol. The molecule has 1 aromatic heterocycles. The zero-order chi connectivity index (χ0) is 20.9. The molecule has 30 heavy (non-hydrogen) atoms. The number of hydrogen-bond acceptors (Lipinski definition) is 4. The first kappa shape index (κ1) is 24.6. The summed E-state index contributed by atoms with van der Waals surface area (Å²) in [5.74, 6) is 1.54. The number of nitrogens with zero attached hydrogens (tertiary/aromatic N) is 4. The molecule has 0 saturated carbocycles. The largest absolute Gasteiger partial charge is 0.357 e. The van der Waals surface area contributed by atoms with Gasteiger partial charge in [0.1, 0.15) is 0 Å². The summed E-state index contributed by atoms with van der Waals surface area (Å²) in [6.45, 7) is 7.76. The summed E-state index contributed by atoms with van der Waals surface area (Å²) in [5, 5.41) is 3.42. The lowest BCUT2D eigenvalue weighted by Crippen LogP contribution is -2.49. The molecule has 166 valence electrons. The fourth-order valence-corrected chi connectivity index (χ4v) is 4.35. The standard InChI is InChI=1S/C21H31N5O2S.HI/c1-4-23-21(24-11-9-18-5-7-19(8-6-18)29(3,27)28)25-13-10-17(2)20(15-25)26-14-12-22-16-26;/h5-8,12,14,16-17,20H,4,9-11,13,15H2,1-3H3,(H,23,24);1H. The second kappa shape index (κ2) is 11.1. The van der Waals surface area contributed by atoms with Gasteiger partial charge in [0.2, 0.25) is 0 Å². The molecule has 7 nitrogen and oxygen atoms in total. The Balaban J connectivity index is 0.00000320. The highest BCUT2D eigenvalue weighted by Crippen LogP contribution is 2.27. The van der Waals surface area contributed by atoms with Crippen LogP contribution in [0.4, 0.5) is 0 Å². The van der Waals surface area contributed by atoms with Gasteiger partial charge >= 0.3 is 0 Å². The molecule has 3 rings (SSSR count). The van der Waals surface area contributed by atoms with E-state index in [1.807, 2.05) is 30.9 Å². The first-order chi connectivity index (χ1) is 13.9. The summed E-state index contributed by atoms with van der Waals surface area (Å²) in [5.41, 5.74) is 1.08. The van der Waals surface area contributed by atoms with E-state index in [2.05, 4.69) is 33.6 Å². The SMILES string of the molecule is CCNC(=NCCc1ccc(S(C)(=O)=O)cc1)N1CCC(C)C(n2ccnc2)C1.I. The number of halogens is 1. The molecule has 1 aromatic carbocycles. The second-order valence-electron chi connectivity index (χ2n) is 7.69. The number of imidazole rings is 1. The molecular formula is C21H32IN5O2S. The van der Waals surface area contributed by atoms with E-state index in [-0.39, 0.29) is 24.0 Å². The summed E-state index contributed by atoms with van der Waals surface area (Å²) in [6.07, 6.45) is 8.88. The molecule has 2 atom stereocenters. The normalized spacial score (nSPS) is 20.0. The number of aliphatic imine (C=N–C) groups is 1. The quantitative estimate of drug-likeness (QED) is 0.343. The van der Waals surface area contributed by atoms with Gasteiger partial charge in [-0.15, -0.1) is 24.0 Å². The molecule has 2 unspecified atom stereocenters. The van der Waals surface area contributed by atoms with Crippen molar-refractivity contribution in [1.82, 2.24) is 19.8 Å². The molecule has 9 heteroatoms. The van der Waals surface area contributed by atoms with Crippen LogP contribution in [0.2, 0.25) is 0 Å². The smallest absolute Gasteiger partial charge is 0.193 e. The van der Waals surface area contributed by atoms with Crippen molar-refractivity contribution in [3.05, 3.63) is 48.5 Å². The highest BCUT2D eigenvalue weighted by atomic mass is 127. The Kier molecular flexibility index (Phi) is 9.14. The minimum atomic E-state index is -3.15. The van der Waals surface area contributed by atoms with Gasteiger partial charge in [-0.05, 0) is 43.4 Å². The van der Waals surface area contributed by atoms with Gasteiger partial charge in [-0.1, -0.05) is 19.1 Å². The summed E-state index contributed by atoms with van der Waals surface area (Å²) in [6, 6.07) is 7.47. The number of piperidine rings is 1. The molecule has 0 aliphatic carbocycles. The Labute approximate surface area is 196 Å². The van der Waals surface area contributed by atoms with Gasteiger partial charge < -0.3 is 14.8 Å². The van der Waals surface area contributed by atoms with E-state index in [0.29, 0.717) is 23.4 Å². The van der Waals surface area contributed by atoms with Crippen LogP contribution in [0, 0.1) is 5.92 Å². The van der Waals surface area contributed by atoms with Crippen molar-refractivity contribution in [2.24, 2.45) is 10.9 Å². The van der Waals surface area contributed by atoms with Crippen molar-refractivity contribution in [3.8, 4) is 0 Å². The second-order valence-corrected chi connectivity index (χ2v) is 9.71.